The number of nitrogens with one attached hydrogen (secondary N) is 2. The molecule has 0 spiro atoms. The lowest BCUT2D eigenvalue weighted by Crippen LogP contribution is -2.32. The normalized spacial score (nSPS) is 11.9. The maximum atomic E-state index is 13.5. The summed E-state index contributed by atoms with van der Waals surface area (Å²) in [4.78, 5) is 23.9. The summed E-state index contributed by atoms with van der Waals surface area (Å²) in [5.74, 6) is -2.15. The highest BCUT2D eigenvalue weighted by atomic mass is 19.1. The number of hydrogen-bond acceptors (Lipinski definition) is 2. The molecule has 1 unspecified atom stereocenters. The van der Waals surface area contributed by atoms with Crippen molar-refractivity contribution in [2.45, 2.75) is 39.2 Å². The number of carbonyl (C=O) groups is 2. The highest BCUT2D eigenvalue weighted by Crippen LogP contribution is 2.18. The molecule has 0 saturated heterocycles. The van der Waals surface area contributed by atoms with Crippen molar-refractivity contribution in [2.24, 2.45) is 0 Å². The number of hydrogen-bond donors (Lipinski definition) is 2. The van der Waals surface area contributed by atoms with Crippen LogP contribution in [0.4, 0.5) is 8.78 Å². The minimum atomic E-state index is -0.935. The first-order valence-electron chi connectivity index (χ1n) is 8.90. The van der Waals surface area contributed by atoms with Crippen molar-refractivity contribution in [3.63, 3.8) is 0 Å². The van der Waals surface area contributed by atoms with Crippen LogP contribution in [-0.4, -0.2) is 18.4 Å². The van der Waals surface area contributed by atoms with Crippen LogP contribution in [0.15, 0.2) is 42.5 Å². The maximum absolute atomic E-state index is 13.5. The fraction of sp³-hybridized carbons (Fsp3) is 0.333. The maximum Gasteiger partial charge on any atom is 0.254 e. The molecule has 144 valence electrons. The molecule has 0 bridgehead atoms. The van der Waals surface area contributed by atoms with Gasteiger partial charge in [0, 0.05) is 19.0 Å². The van der Waals surface area contributed by atoms with Gasteiger partial charge in [0.1, 0.15) is 11.6 Å². The smallest absolute Gasteiger partial charge is 0.254 e. The van der Waals surface area contributed by atoms with Gasteiger partial charge < -0.3 is 10.6 Å². The predicted octanol–water partition coefficient (Wildman–Crippen LogP) is 4.09. The molecule has 1 atom stereocenters. The van der Waals surface area contributed by atoms with Gasteiger partial charge in [-0.05, 0) is 36.1 Å². The zero-order chi connectivity index (χ0) is 20.0. The van der Waals surface area contributed by atoms with Gasteiger partial charge in [-0.1, -0.05) is 38.1 Å². The van der Waals surface area contributed by atoms with Crippen LogP contribution in [0.3, 0.4) is 0 Å². The van der Waals surface area contributed by atoms with Gasteiger partial charge in [-0.15, -0.1) is 0 Å². The fourth-order valence-electron chi connectivity index (χ4n) is 2.62. The number of rotatable bonds is 7. The minimum absolute atomic E-state index is 0.0560. The van der Waals surface area contributed by atoms with Crippen molar-refractivity contribution in [2.75, 3.05) is 6.54 Å². The summed E-state index contributed by atoms with van der Waals surface area (Å²) in [5.41, 5.74) is 1.97. The molecular formula is C21H24F2N2O2. The van der Waals surface area contributed by atoms with E-state index >= 15 is 0 Å². The van der Waals surface area contributed by atoms with Crippen LogP contribution >= 0.6 is 0 Å². The Kier molecular flexibility index (Phi) is 7.05. The SMILES string of the molecule is CC(C)c1ccc(C(C)NC(=O)CCNC(=O)c2ccc(F)cc2F)cc1. The van der Waals surface area contributed by atoms with Crippen LogP contribution < -0.4 is 10.6 Å². The molecule has 0 radical (unpaired) electrons. The third-order valence-corrected chi connectivity index (χ3v) is 4.29. The first-order valence-corrected chi connectivity index (χ1v) is 8.90. The largest absolute Gasteiger partial charge is 0.351 e. The molecule has 0 aromatic heterocycles. The molecule has 0 aliphatic heterocycles. The van der Waals surface area contributed by atoms with E-state index in [0.29, 0.717) is 12.0 Å². The third-order valence-electron chi connectivity index (χ3n) is 4.29. The second-order valence-electron chi connectivity index (χ2n) is 6.74. The lowest BCUT2D eigenvalue weighted by molar-refractivity contribution is -0.121. The Morgan fingerprint density at radius 3 is 2.19 bits per heavy atom. The van der Waals surface area contributed by atoms with Gasteiger partial charge in [-0.25, -0.2) is 8.78 Å². The van der Waals surface area contributed by atoms with Gasteiger partial charge in [0.05, 0.1) is 11.6 Å². The van der Waals surface area contributed by atoms with E-state index in [1.54, 1.807) is 0 Å². The molecule has 0 heterocycles. The summed E-state index contributed by atoms with van der Waals surface area (Å²) in [6.45, 7) is 6.17. The van der Waals surface area contributed by atoms with E-state index in [-0.39, 0.29) is 30.5 Å². The van der Waals surface area contributed by atoms with Crippen LogP contribution in [0.5, 0.6) is 0 Å². The molecule has 0 aliphatic rings. The van der Waals surface area contributed by atoms with E-state index in [0.717, 1.165) is 17.7 Å². The van der Waals surface area contributed by atoms with E-state index in [9.17, 15) is 18.4 Å². The van der Waals surface area contributed by atoms with Crippen LogP contribution in [0.2, 0.25) is 0 Å². The van der Waals surface area contributed by atoms with Crippen molar-refractivity contribution >= 4 is 11.8 Å². The third kappa shape index (κ3) is 5.88. The molecule has 2 aromatic rings. The summed E-state index contributed by atoms with van der Waals surface area (Å²) in [6.07, 6.45) is 0.0585. The second-order valence-corrected chi connectivity index (χ2v) is 6.74. The van der Waals surface area contributed by atoms with Gasteiger partial charge in [0.25, 0.3) is 5.91 Å². The second kappa shape index (κ2) is 9.26. The molecule has 0 saturated carbocycles. The molecule has 27 heavy (non-hydrogen) atoms. The molecule has 0 fully saturated rings. The minimum Gasteiger partial charge on any atom is -0.351 e. The number of amides is 2. The van der Waals surface area contributed by atoms with Crippen LogP contribution in [0, 0.1) is 11.6 Å². The monoisotopic (exact) mass is 374 g/mol. The summed E-state index contributed by atoms with van der Waals surface area (Å²) < 4.78 is 26.4. The zero-order valence-corrected chi connectivity index (χ0v) is 15.7. The molecule has 2 N–H and O–H groups in total. The number of halogens is 2. The first kappa shape index (κ1) is 20.6. The predicted molar refractivity (Wildman–Crippen MR) is 100 cm³/mol. The lowest BCUT2D eigenvalue weighted by atomic mass is 9.99. The van der Waals surface area contributed by atoms with Gasteiger partial charge in [-0.3, -0.25) is 9.59 Å². The van der Waals surface area contributed by atoms with E-state index < -0.39 is 17.5 Å². The quantitative estimate of drug-likeness (QED) is 0.767. The van der Waals surface area contributed by atoms with Crippen molar-refractivity contribution in [3.05, 3.63) is 70.8 Å². The van der Waals surface area contributed by atoms with Gasteiger partial charge in [-0.2, -0.15) is 0 Å². The molecule has 4 nitrogen and oxygen atoms in total. The molecule has 2 amide bonds. The van der Waals surface area contributed by atoms with Crippen LogP contribution in [-0.2, 0) is 4.79 Å². The Labute approximate surface area is 158 Å². The standard InChI is InChI=1S/C21H24F2N2O2/c1-13(2)15-4-6-16(7-5-15)14(3)25-20(26)10-11-24-21(27)18-9-8-17(22)12-19(18)23/h4-9,12-14H,10-11H2,1-3H3,(H,24,27)(H,25,26). The average Bonchev–Trinajstić information content (AvgIpc) is 2.61. The Morgan fingerprint density at radius 1 is 0.963 bits per heavy atom. The number of benzene rings is 2. The first-order chi connectivity index (χ1) is 12.8. The highest BCUT2D eigenvalue weighted by molar-refractivity contribution is 5.94. The molecular weight excluding hydrogens is 350 g/mol. The van der Waals surface area contributed by atoms with E-state index in [1.165, 1.54) is 5.56 Å². The van der Waals surface area contributed by atoms with Crippen molar-refractivity contribution in [1.29, 1.82) is 0 Å². The van der Waals surface area contributed by atoms with Gasteiger partial charge >= 0.3 is 0 Å². The molecule has 6 heteroatoms. The van der Waals surface area contributed by atoms with Gasteiger partial charge in [0.15, 0.2) is 0 Å². The topological polar surface area (TPSA) is 58.2 Å². The van der Waals surface area contributed by atoms with Gasteiger partial charge in [0.2, 0.25) is 5.91 Å². The average molecular weight is 374 g/mol. The van der Waals surface area contributed by atoms with Crippen molar-refractivity contribution in [3.8, 4) is 0 Å². The van der Waals surface area contributed by atoms with E-state index in [1.807, 2.05) is 31.2 Å². The number of carbonyl (C=O) groups excluding carboxylic acids is 2. The van der Waals surface area contributed by atoms with Crippen molar-refractivity contribution in [1.82, 2.24) is 10.6 Å². The summed E-state index contributed by atoms with van der Waals surface area (Å²) >= 11 is 0. The van der Waals surface area contributed by atoms with Crippen molar-refractivity contribution < 1.29 is 18.4 Å². The van der Waals surface area contributed by atoms with E-state index in [4.69, 9.17) is 0 Å². The lowest BCUT2D eigenvalue weighted by Gasteiger charge is -2.16. The van der Waals surface area contributed by atoms with Crippen LogP contribution in [0.25, 0.3) is 0 Å². The summed E-state index contributed by atoms with van der Waals surface area (Å²) in [7, 11) is 0. The molecule has 2 aromatic carbocycles. The van der Waals surface area contributed by atoms with Crippen LogP contribution in [0.1, 0.15) is 60.6 Å². The molecule has 0 aliphatic carbocycles. The highest BCUT2D eigenvalue weighted by Gasteiger charge is 2.14. The Bertz CT molecular complexity index is 804. The molecule has 2 rings (SSSR count). The summed E-state index contributed by atoms with van der Waals surface area (Å²) in [6, 6.07) is 10.6. The Hall–Kier alpha value is -2.76. The fourth-order valence-corrected chi connectivity index (χ4v) is 2.62. The Balaban J connectivity index is 1.80. The Morgan fingerprint density at radius 2 is 1.59 bits per heavy atom. The van der Waals surface area contributed by atoms with E-state index in [2.05, 4.69) is 24.5 Å². The summed E-state index contributed by atoms with van der Waals surface area (Å²) in [5, 5.41) is 5.32. The zero-order valence-electron chi connectivity index (χ0n) is 15.7.